The average Bonchev–Trinajstić information content (AvgIpc) is 2.02. The van der Waals surface area contributed by atoms with Crippen LogP contribution in [0.1, 0.15) is 66.7 Å². The minimum atomic E-state index is 0.0191. The lowest BCUT2D eigenvalue weighted by molar-refractivity contribution is 0.340. The molecule has 0 aliphatic rings. The standard InChI is InChI=1S/C13H29N/c1-6-12(8-7-11(2)3)9-10-13(4,5)14/h11-12H,6-10,14H2,1-5H3. The summed E-state index contributed by atoms with van der Waals surface area (Å²) in [5.41, 5.74) is 6.01. The van der Waals surface area contributed by atoms with Crippen molar-refractivity contribution in [3.05, 3.63) is 0 Å². The number of hydrogen-bond acceptors (Lipinski definition) is 1. The van der Waals surface area contributed by atoms with Gasteiger partial charge in [0.1, 0.15) is 0 Å². The van der Waals surface area contributed by atoms with Crippen molar-refractivity contribution in [3.8, 4) is 0 Å². The Hall–Kier alpha value is -0.0400. The predicted molar refractivity (Wildman–Crippen MR) is 65.4 cm³/mol. The normalized spacial score (nSPS) is 14.8. The van der Waals surface area contributed by atoms with Crippen molar-refractivity contribution in [2.75, 3.05) is 0 Å². The molecule has 0 spiro atoms. The fourth-order valence-corrected chi connectivity index (χ4v) is 1.70. The molecule has 0 bridgehead atoms. The van der Waals surface area contributed by atoms with Crippen LogP contribution in [0.2, 0.25) is 0 Å². The zero-order chi connectivity index (χ0) is 11.2. The van der Waals surface area contributed by atoms with Crippen LogP contribution in [-0.2, 0) is 0 Å². The molecule has 0 amide bonds. The summed E-state index contributed by atoms with van der Waals surface area (Å²) in [6.45, 7) is 11.2. The van der Waals surface area contributed by atoms with E-state index < -0.39 is 0 Å². The van der Waals surface area contributed by atoms with Crippen molar-refractivity contribution < 1.29 is 0 Å². The molecule has 2 N–H and O–H groups in total. The Kier molecular flexibility index (Phi) is 6.43. The van der Waals surface area contributed by atoms with E-state index >= 15 is 0 Å². The van der Waals surface area contributed by atoms with Gasteiger partial charge in [-0.05, 0) is 38.5 Å². The summed E-state index contributed by atoms with van der Waals surface area (Å²) in [6, 6.07) is 0. The van der Waals surface area contributed by atoms with E-state index in [0.29, 0.717) is 0 Å². The fraction of sp³-hybridized carbons (Fsp3) is 1.00. The highest BCUT2D eigenvalue weighted by molar-refractivity contribution is 4.73. The second-order valence-corrected chi connectivity index (χ2v) is 5.77. The highest BCUT2D eigenvalue weighted by Gasteiger charge is 2.14. The monoisotopic (exact) mass is 199 g/mol. The molecule has 0 rings (SSSR count). The molecular weight excluding hydrogens is 170 g/mol. The Balaban J connectivity index is 3.69. The van der Waals surface area contributed by atoms with Gasteiger partial charge in [-0.15, -0.1) is 0 Å². The van der Waals surface area contributed by atoms with E-state index in [1.54, 1.807) is 0 Å². The number of rotatable bonds is 7. The van der Waals surface area contributed by atoms with Crippen LogP contribution in [0.4, 0.5) is 0 Å². The van der Waals surface area contributed by atoms with Crippen molar-refractivity contribution in [2.45, 2.75) is 72.3 Å². The van der Waals surface area contributed by atoms with E-state index in [1.807, 2.05) is 0 Å². The Morgan fingerprint density at radius 3 is 2.00 bits per heavy atom. The molecule has 86 valence electrons. The van der Waals surface area contributed by atoms with Gasteiger partial charge in [-0.2, -0.15) is 0 Å². The van der Waals surface area contributed by atoms with Gasteiger partial charge in [0.05, 0.1) is 0 Å². The van der Waals surface area contributed by atoms with Gasteiger partial charge in [-0.1, -0.05) is 40.0 Å². The lowest BCUT2D eigenvalue weighted by Gasteiger charge is -2.22. The first-order valence-electron chi connectivity index (χ1n) is 6.14. The van der Waals surface area contributed by atoms with Crippen molar-refractivity contribution >= 4 is 0 Å². The van der Waals surface area contributed by atoms with Crippen LogP contribution in [-0.4, -0.2) is 5.54 Å². The molecule has 0 aliphatic carbocycles. The van der Waals surface area contributed by atoms with Crippen molar-refractivity contribution in [1.82, 2.24) is 0 Å². The van der Waals surface area contributed by atoms with E-state index in [2.05, 4.69) is 34.6 Å². The lowest BCUT2D eigenvalue weighted by Crippen LogP contribution is -2.32. The molecule has 0 saturated carbocycles. The first-order valence-corrected chi connectivity index (χ1v) is 6.14. The summed E-state index contributed by atoms with van der Waals surface area (Å²) in [5.74, 6) is 1.73. The second kappa shape index (κ2) is 6.44. The highest BCUT2D eigenvalue weighted by atomic mass is 14.7. The maximum atomic E-state index is 5.99. The highest BCUT2D eigenvalue weighted by Crippen LogP contribution is 2.22. The van der Waals surface area contributed by atoms with Gasteiger partial charge in [0.25, 0.3) is 0 Å². The molecule has 1 unspecified atom stereocenters. The van der Waals surface area contributed by atoms with Gasteiger partial charge in [0.2, 0.25) is 0 Å². The topological polar surface area (TPSA) is 26.0 Å². The summed E-state index contributed by atoms with van der Waals surface area (Å²) in [6.07, 6.45) is 6.51. The van der Waals surface area contributed by atoms with Crippen LogP contribution in [0, 0.1) is 11.8 Å². The van der Waals surface area contributed by atoms with E-state index in [1.165, 1.54) is 25.7 Å². The minimum absolute atomic E-state index is 0.0191. The molecule has 0 heterocycles. The van der Waals surface area contributed by atoms with Crippen molar-refractivity contribution in [1.29, 1.82) is 0 Å². The number of hydrogen-bond donors (Lipinski definition) is 1. The average molecular weight is 199 g/mol. The molecule has 0 aliphatic heterocycles. The first kappa shape index (κ1) is 14.0. The van der Waals surface area contributed by atoms with Crippen LogP contribution in [0.25, 0.3) is 0 Å². The lowest BCUT2D eigenvalue weighted by atomic mass is 9.87. The maximum absolute atomic E-state index is 5.99. The smallest absolute Gasteiger partial charge is 0.00971 e. The maximum Gasteiger partial charge on any atom is 0.00971 e. The van der Waals surface area contributed by atoms with E-state index in [9.17, 15) is 0 Å². The third kappa shape index (κ3) is 8.55. The summed E-state index contributed by atoms with van der Waals surface area (Å²) < 4.78 is 0. The molecule has 0 aromatic carbocycles. The van der Waals surface area contributed by atoms with Crippen LogP contribution in [0.5, 0.6) is 0 Å². The van der Waals surface area contributed by atoms with Gasteiger partial charge < -0.3 is 5.73 Å². The van der Waals surface area contributed by atoms with Crippen LogP contribution < -0.4 is 5.73 Å². The van der Waals surface area contributed by atoms with Gasteiger partial charge in [0.15, 0.2) is 0 Å². The molecule has 0 aromatic rings. The van der Waals surface area contributed by atoms with Gasteiger partial charge in [-0.25, -0.2) is 0 Å². The Morgan fingerprint density at radius 1 is 1.07 bits per heavy atom. The molecule has 1 atom stereocenters. The Morgan fingerprint density at radius 2 is 1.64 bits per heavy atom. The van der Waals surface area contributed by atoms with Gasteiger partial charge in [-0.3, -0.25) is 0 Å². The largest absolute Gasteiger partial charge is 0.326 e. The van der Waals surface area contributed by atoms with Crippen LogP contribution >= 0.6 is 0 Å². The third-order valence-electron chi connectivity index (χ3n) is 2.93. The quantitative estimate of drug-likeness (QED) is 0.659. The third-order valence-corrected chi connectivity index (χ3v) is 2.93. The van der Waals surface area contributed by atoms with Crippen LogP contribution in [0.15, 0.2) is 0 Å². The zero-order valence-corrected chi connectivity index (χ0v) is 10.8. The molecule has 1 nitrogen and oxygen atoms in total. The molecule has 14 heavy (non-hydrogen) atoms. The summed E-state index contributed by atoms with van der Waals surface area (Å²) in [5, 5.41) is 0. The summed E-state index contributed by atoms with van der Waals surface area (Å²) >= 11 is 0. The fourth-order valence-electron chi connectivity index (χ4n) is 1.70. The minimum Gasteiger partial charge on any atom is -0.326 e. The predicted octanol–water partition coefficient (Wildman–Crippen LogP) is 3.97. The van der Waals surface area contributed by atoms with Crippen molar-refractivity contribution in [3.63, 3.8) is 0 Å². The molecule has 0 fully saturated rings. The summed E-state index contributed by atoms with van der Waals surface area (Å²) in [4.78, 5) is 0. The first-order chi connectivity index (χ1) is 6.35. The van der Waals surface area contributed by atoms with E-state index in [4.69, 9.17) is 5.73 Å². The molecule has 0 radical (unpaired) electrons. The second-order valence-electron chi connectivity index (χ2n) is 5.77. The van der Waals surface area contributed by atoms with E-state index in [0.717, 1.165) is 18.3 Å². The molecule has 1 heteroatoms. The molecular formula is C13H29N. The van der Waals surface area contributed by atoms with Crippen molar-refractivity contribution in [2.24, 2.45) is 17.6 Å². The van der Waals surface area contributed by atoms with E-state index in [-0.39, 0.29) is 5.54 Å². The Labute approximate surface area is 90.5 Å². The number of nitrogens with two attached hydrogens (primary N) is 1. The molecule has 0 saturated heterocycles. The molecule has 0 aromatic heterocycles. The SMILES string of the molecule is CCC(CCC(C)C)CCC(C)(C)N. The zero-order valence-electron chi connectivity index (χ0n) is 10.8. The van der Waals surface area contributed by atoms with Crippen LogP contribution in [0.3, 0.4) is 0 Å². The van der Waals surface area contributed by atoms with Gasteiger partial charge >= 0.3 is 0 Å². The summed E-state index contributed by atoms with van der Waals surface area (Å²) in [7, 11) is 0. The Bertz CT molecular complexity index is 133. The van der Waals surface area contributed by atoms with Gasteiger partial charge in [0, 0.05) is 5.54 Å².